The van der Waals surface area contributed by atoms with E-state index < -0.39 is 60.6 Å². The molecule has 0 radical (unpaired) electrons. The first-order valence-corrected chi connectivity index (χ1v) is 10.1. The fourth-order valence-corrected chi connectivity index (χ4v) is 2.72. The van der Waals surface area contributed by atoms with Crippen LogP contribution in [0.3, 0.4) is 0 Å². The van der Waals surface area contributed by atoms with E-state index in [1.165, 1.54) is 6.92 Å². The topological polar surface area (TPSA) is 191 Å². The molecule has 172 valence electrons. The van der Waals surface area contributed by atoms with Crippen molar-refractivity contribution in [2.24, 2.45) is 5.73 Å². The summed E-state index contributed by atoms with van der Waals surface area (Å²) in [6, 6.07) is 3.45. The minimum Gasteiger partial charge on any atom is -0.480 e. The van der Waals surface area contributed by atoms with Crippen LogP contribution in [0.1, 0.15) is 12.5 Å². The first-order valence-electron chi connectivity index (χ1n) is 9.43. The van der Waals surface area contributed by atoms with Gasteiger partial charge in [-0.2, -0.15) is 12.6 Å². The van der Waals surface area contributed by atoms with Gasteiger partial charge in [-0.15, -0.1) is 0 Å². The predicted molar refractivity (Wildman–Crippen MR) is 114 cm³/mol. The number of carboxylic acid groups (broad SMARTS) is 1. The lowest BCUT2D eigenvalue weighted by molar-refractivity contribution is -0.142. The number of nitrogens with two attached hydrogens (primary N) is 1. The Morgan fingerprint density at radius 2 is 1.48 bits per heavy atom. The number of aliphatic carboxylic acids is 1. The highest BCUT2D eigenvalue weighted by Gasteiger charge is 2.30. The molecule has 0 saturated carbocycles. The number of benzene rings is 1. The average Bonchev–Trinajstić information content (AvgIpc) is 2.74. The van der Waals surface area contributed by atoms with Gasteiger partial charge in [-0.05, 0) is 12.5 Å². The lowest BCUT2D eigenvalue weighted by atomic mass is 10.0. The minimum absolute atomic E-state index is 0.0408. The quantitative estimate of drug-likeness (QED) is 0.157. The number of aliphatic hydroxyl groups excluding tert-OH is 2. The number of aliphatic hydroxyl groups is 2. The van der Waals surface area contributed by atoms with E-state index in [0.717, 1.165) is 0 Å². The highest BCUT2D eigenvalue weighted by molar-refractivity contribution is 7.80. The van der Waals surface area contributed by atoms with Crippen molar-refractivity contribution >= 4 is 36.3 Å². The Balaban J connectivity index is 2.96. The number of carbonyl (C=O) groups excluding carboxylic acids is 3. The summed E-state index contributed by atoms with van der Waals surface area (Å²) < 4.78 is 0. The van der Waals surface area contributed by atoms with Crippen molar-refractivity contribution in [2.45, 2.75) is 43.6 Å². The fraction of sp³-hybridized carbons (Fsp3) is 0.474. The molecule has 0 fully saturated rings. The number of carbonyl (C=O) groups is 4. The van der Waals surface area contributed by atoms with Crippen molar-refractivity contribution in [2.75, 3.05) is 12.4 Å². The van der Waals surface area contributed by atoms with Crippen molar-refractivity contribution in [1.82, 2.24) is 16.0 Å². The number of nitrogens with one attached hydrogen (secondary N) is 3. The average molecular weight is 457 g/mol. The molecule has 0 aromatic heterocycles. The van der Waals surface area contributed by atoms with Crippen molar-refractivity contribution in [1.29, 1.82) is 0 Å². The maximum absolute atomic E-state index is 12.8. The van der Waals surface area contributed by atoms with Crippen LogP contribution in [0, 0.1) is 0 Å². The van der Waals surface area contributed by atoms with Crippen LogP contribution in [0.4, 0.5) is 0 Å². The summed E-state index contributed by atoms with van der Waals surface area (Å²) in [4.78, 5) is 48.4. The van der Waals surface area contributed by atoms with Crippen LogP contribution in [0.25, 0.3) is 0 Å². The second-order valence-electron chi connectivity index (χ2n) is 6.84. The Hall–Kier alpha value is -2.67. The molecule has 0 bridgehead atoms. The molecule has 0 heterocycles. The van der Waals surface area contributed by atoms with Crippen LogP contribution >= 0.6 is 12.6 Å². The molecular weight excluding hydrogens is 428 g/mol. The summed E-state index contributed by atoms with van der Waals surface area (Å²) in [6.07, 6.45) is -1.12. The van der Waals surface area contributed by atoms with Gasteiger partial charge in [-0.1, -0.05) is 30.3 Å². The van der Waals surface area contributed by atoms with Gasteiger partial charge in [0.1, 0.15) is 24.2 Å². The largest absolute Gasteiger partial charge is 0.480 e. The van der Waals surface area contributed by atoms with E-state index in [1.54, 1.807) is 30.3 Å². The van der Waals surface area contributed by atoms with Gasteiger partial charge < -0.3 is 37.0 Å². The highest BCUT2D eigenvalue weighted by atomic mass is 32.1. The van der Waals surface area contributed by atoms with Gasteiger partial charge in [-0.25, -0.2) is 4.79 Å². The maximum Gasteiger partial charge on any atom is 0.327 e. The lowest BCUT2D eigenvalue weighted by Gasteiger charge is -2.24. The van der Waals surface area contributed by atoms with E-state index in [4.69, 9.17) is 10.8 Å². The van der Waals surface area contributed by atoms with Crippen LogP contribution in [0.5, 0.6) is 0 Å². The highest BCUT2D eigenvalue weighted by Crippen LogP contribution is 2.05. The summed E-state index contributed by atoms with van der Waals surface area (Å²) in [5, 5.41) is 34.9. The number of rotatable bonds is 12. The van der Waals surface area contributed by atoms with Gasteiger partial charge in [-0.3, -0.25) is 14.4 Å². The second kappa shape index (κ2) is 12.9. The maximum atomic E-state index is 12.8. The monoisotopic (exact) mass is 456 g/mol. The predicted octanol–water partition coefficient (Wildman–Crippen LogP) is -2.60. The molecule has 3 amide bonds. The molecule has 11 nitrogen and oxygen atoms in total. The summed E-state index contributed by atoms with van der Waals surface area (Å²) in [5.41, 5.74) is 6.31. The number of carboxylic acids is 1. The first-order chi connectivity index (χ1) is 14.6. The zero-order valence-corrected chi connectivity index (χ0v) is 17.8. The molecule has 1 aromatic carbocycles. The van der Waals surface area contributed by atoms with Crippen LogP contribution in [-0.4, -0.2) is 81.6 Å². The number of hydrogen-bond donors (Lipinski definition) is 8. The lowest BCUT2D eigenvalue weighted by Crippen LogP contribution is -2.59. The molecule has 31 heavy (non-hydrogen) atoms. The number of thiol groups is 1. The van der Waals surface area contributed by atoms with Gasteiger partial charge in [0.25, 0.3) is 0 Å². The van der Waals surface area contributed by atoms with Crippen molar-refractivity contribution in [3.05, 3.63) is 35.9 Å². The third-order valence-corrected chi connectivity index (χ3v) is 4.72. The minimum atomic E-state index is -1.46. The van der Waals surface area contributed by atoms with E-state index >= 15 is 0 Å². The molecule has 5 atom stereocenters. The van der Waals surface area contributed by atoms with Gasteiger partial charge in [0.05, 0.1) is 12.7 Å². The molecule has 8 N–H and O–H groups in total. The van der Waals surface area contributed by atoms with Crippen molar-refractivity contribution in [3.8, 4) is 0 Å². The molecule has 0 aliphatic carbocycles. The fourth-order valence-electron chi connectivity index (χ4n) is 2.47. The van der Waals surface area contributed by atoms with Crippen LogP contribution in [0.15, 0.2) is 30.3 Å². The molecule has 12 heteroatoms. The summed E-state index contributed by atoms with van der Waals surface area (Å²) in [5.74, 6) is -4.04. The Kier molecular flexibility index (Phi) is 11.0. The second-order valence-corrected chi connectivity index (χ2v) is 7.21. The molecule has 0 saturated heterocycles. The van der Waals surface area contributed by atoms with Gasteiger partial charge in [0.15, 0.2) is 0 Å². The molecule has 1 rings (SSSR count). The zero-order chi connectivity index (χ0) is 23.6. The summed E-state index contributed by atoms with van der Waals surface area (Å²) in [6.45, 7) is 0.513. The van der Waals surface area contributed by atoms with Crippen LogP contribution in [-0.2, 0) is 25.6 Å². The van der Waals surface area contributed by atoms with E-state index in [1.807, 2.05) is 0 Å². The first kappa shape index (κ1) is 26.4. The van der Waals surface area contributed by atoms with Crippen LogP contribution in [0.2, 0.25) is 0 Å². The van der Waals surface area contributed by atoms with E-state index in [0.29, 0.717) is 5.56 Å². The molecule has 1 aromatic rings. The Labute approximate surface area is 184 Å². The summed E-state index contributed by atoms with van der Waals surface area (Å²) in [7, 11) is 0. The van der Waals surface area contributed by atoms with Gasteiger partial charge in [0.2, 0.25) is 17.7 Å². The molecule has 0 spiro atoms. The standard InChI is InChI=1S/C19H28N4O7S/c1-10(25)15(20)18(28)21-12(7-11-5-3-2-4-6-11)16(26)22-13(8-24)17(27)23-14(9-31)19(29)30/h2-6,10,12-15,24-25,31H,7-9,20H2,1H3,(H,21,28)(H,22,26)(H,23,27)(H,29,30). The van der Waals surface area contributed by atoms with E-state index in [-0.39, 0.29) is 12.2 Å². The molecule has 0 aliphatic heterocycles. The van der Waals surface area contributed by atoms with Gasteiger partial charge >= 0.3 is 5.97 Å². The smallest absolute Gasteiger partial charge is 0.327 e. The normalized spacial score (nSPS) is 15.6. The van der Waals surface area contributed by atoms with Crippen LogP contribution < -0.4 is 21.7 Å². The molecule has 0 aliphatic rings. The number of amides is 3. The third-order valence-electron chi connectivity index (χ3n) is 4.35. The Morgan fingerprint density at radius 3 is 1.97 bits per heavy atom. The van der Waals surface area contributed by atoms with E-state index in [9.17, 15) is 29.4 Å². The zero-order valence-electron chi connectivity index (χ0n) is 16.9. The number of hydrogen-bond acceptors (Lipinski definition) is 8. The molecule has 5 unspecified atom stereocenters. The Bertz CT molecular complexity index is 763. The van der Waals surface area contributed by atoms with Gasteiger partial charge in [0, 0.05) is 12.2 Å². The summed E-state index contributed by atoms with van der Waals surface area (Å²) >= 11 is 3.83. The third kappa shape index (κ3) is 8.53. The van der Waals surface area contributed by atoms with Crippen molar-refractivity contribution < 1.29 is 34.5 Å². The molecular formula is C19H28N4O7S. The van der Waals surface area contributed by atoms with Crippen molar-refractivity contribution in [3.63, 3.8) is 0 Å². The Morgan fingerprint density at radius 1 is 0.968 bits per heavy atom. The SMILES string of the molecule is CC(O)C(N)C(=O)NC(Cc1ccccc1)C(=O)NC(CO)C(=O)NC(CS)C(=O)O. The van der Waals surface area contributed by atoms with E-state index in [2.05, 4.69) is 28.6 Å².